The summed E-state index contributed by atoms with van der Waals surface area (Å²) in [6.07, 6.45) is -0.261. The highest BCUT2D eigenvalue weighted by Gasteiger charge is 2.36. The minimum absolute atomic E-state index is 0. The smallest absolute Gasteiger partial charge is 0.410 e. The molecule has 8 nitrogen and oxygen atoms in total. The fraction of sp³-hybridized carbons (Fsp3) is 0.550. The van der Waals surface area contributed by atoms with E-state index >= 15 is 0 Å². The van der Waals surface area contributed by atoms with E-state index in [0.29, 0.717) is 26.2 Å². The highest BCUT2D eigenvalue weighted by molar-refractivity contribution is 14.0. The molecule has 2 amide bonds. The summed E-state index contributed by atoms with van der Waals surface area (Å²) in [7, 11) is 0. The summed E-state index contributed by atoms with van der Waals surface area (Å²) >= 11 is 0. The van der Waals surface area contributed by atoms with Gasteiger partial charge >= 0.3 is 6.09 Å². The van der Waals surface area contributed by atoms with Crippen LogP contribution in [0, 0.1) is 0 Å². The number of aliphatic imine (C=N–C) groups is 1. The normalized spacial score (nSPS) is 18.3. The Labute approximate surface area is 189 Å². The zero-order valence-electron chi connectivity index (χ0n) is 17.4. The Morgan fingerprint density at radius 3 is 2.72 bits per heavy atom. The Morgan fingerprint density at radius 1 is 1.28 bits per heavy atom. The summed E-state index contributed by atoms with van der Waals surface area (Å²) < 4.78 is 5.48. The maximum absolute atomic E-state index is 12.3. The number of amides is 2. The number of hydrogen-bond donors (Lipinski definition) is 2. The minimum atomic E-state index is -0.487. The van der Waals surface area contributed by atoms with Crippen molar-refractivity contribution in [1.29, 1.82) is 0 Å². The molecule has 0 saturated carbocycles. The van der Waals surface area contributed by atoms with Crippen LogP contribution in [0.1, 0.15) is 33.3 Å². The zero-order valence-corrected chi connectivity index (χ0v) is 19.7. The van der Waals surface area contributed by atoms with Crippen LogP contribution in [0.5, 0.6) is 0 Å². The van der Waals surface area contributed by atoms with Gasteiger partial charge in [-0.25, -0.2) is 4.79 Å². The second-order valence-corrected chi connectivity index (χ2v) is 8.17. The van der Waals surface area contributed by atoms with Gasteiger partial charge in [-0.2, -0.15) is 0 Å². The number of halogens is 1. The lowest BCUT2D eigenvalue weighted by molar-refractivity contribution is -0.114. The van der Waals surface area contributed by atoms with Crippen LogP contribution in [0.25, 0.3) is 0 Å². The average Bonchev–Trinajstić information content (AvgIpc) is 3.00. The first kappa shape index (κ1) is 23.2. The number of fused-ring (bicyclic) bond motifs is 1. The molecule has 2 aliphatic rings. The SMILES string of the molecule is CC(=O)Nc1cccc(CNC2=NCC3CN(C(=O)OC(C)(C)C)CCN23)c1.I. The van der Waals surface area contributed by atoms with Gasteiger partial charge in [-0.15, -0.1) is 24.0 Å². The van der Waals surface area contributed by atoms with Crippen LogP contribution in [0.2, 0.25) is 0 Å². The Bertz CT molecular complexity index is 778. The van der Waals surface area contributed by atoms with Gasteiger partial charge < -0.3 is 25.2 Å². The van der Waals surface area contributed by atoms with Crippen LogP contribution in [0.3, 0.4) is 0 Å². The Kier molecular flexibility index (Phi) is 7.73. The predicted molar refractivity (Wildman–Crippen MR) is 124 cm³/mol. The fourth-order valence-electron chi connectivity index (χ4n) is 3.37. The third-order valence-corrected chi connectivity index (χ3v) is 4.56. The van der Waals surface area contributed by atoms with Crippen LogP contribution in [-0.4, -0.2) is 65.6 Å². The molecule has 1 fully saturated rings. The maximum Gasteiger partial charge on any atom is 0.410 e. The van der Waals surface area contributed by atoms with E-state index in [2.05, 4.69) is 20.5 Å². The van der Waals surface area contributed by atoms with E-state index in [-0.39, 0.29) is 42.0 Å². The van der Waals surface area contributed by atoms with Crippen molar-refractivity contribution in [3.8, 4) is 0 Å². The Morgan fingerprint density at radius 2 is 2.03 bits per heavy atom. The molecule has 1 saturated heterocycles. The van der Waals surface area contributed by atoms with Crippen molar-refractivity contribution in [1.82, 2.24) is 15.1 Å². The molecule has 9 heteroatoms. The van der Waals surface area contributed by atoms with E-state index in [1.54, 1.807) is 4.90 Å². The lowest BCUT2D eigenvalue weighted by Gasteiger charge is -2.39. The highest BCUT2D eigenvalue weighted by atomic mass is 127. The molecule has 0 aliphatic carbocycles. The summed E-state index contributed by atoms with van der Waals surface area (Å²) in [6.45, 7) is 10.4. The minimum Gasteiger partial charge on any atom is -0.444 e. The third-order valence-electron chi connectivity index (χ3n) is 4.56. The molecule has 1 aromatic carbocycles. The standard InChI is InChI=1S/C20H29N5O3.HI/c1-14(26)23-16-7-5-6-15(10-16)11-21-18-22-12-17-13-24(8-9-25(17)18)19(27)28-20(2,3)4;/h5-7,10,17H,8-9,11-13H2,1-4H3,(H,21,22)(H,23,26);1H. The van der Waals surface area contributed by atoms with Crippen molar-refractivity contribution in [3.05, 3.63) is 29.8 Å². The topological polar surface area (TPSA) is 86.3 Å². The summed E-state index contributed by atoms with van der Waals surface area (Å²) in [5.41, 5.74) is 1.35. The van der Waals surface area contributed by atoms with Crippen molar-refractivity contribution < 1.29 is 14.3 Å². The lowest BCUT2D eigenvalue weighted by atomic mass is 10.2. The summed E-state index contributed by atoms with van der Waals surface area (Å²) in [6, 6.07) is 7.91. The van der Waals surface area contributed by atoms with Gasteiger partial charge in [-0.1, -0.05) is 12.1 Å². The zero-order chi connectivity index (χ0) is 20.3. The number of benzene rings is 1. The van der Waals surface area contributed by atoms with Crippen molar-refractivity contribution in [2.24, 2.45) is 4.99 Å². The van der Waals surface area contributed by atoms with Crippen molar-refractivity contribution >= 4 is 47.6 Å². The van der Waals surface area contributed by atoms with Crippen LogP contribution in [0.15, 0.2) is 29.3 Å². The number of anilines is 1. The molecule has 2 N–H and O–H groups in total. The van der Waals surface area contributed by atoms with Crippen LogP contribution >= 0.6 is 24.0 Å². The first-order valence-electron chi connectivity index (χ1n) is 9.61. The van der Waals surface area contributed by atoms with E-state index in [9.17, 15) is 9.59 Å². The third kappa shape index (κ3) is 6.48. The number of nitrogens with one attached hydrogen (secondary N) is 2. The van der Waals surface area contributed by atoms with Crippen LogP contribution < -0.4 is 10.6 Å². The predicted octanol–water partition coefficient (Wildman–Crippen LogP) is 2.64. The first-order valence-corrected chi connectivity index (χ1v) is 9.61. The Hall–Kier alpha value is -2.04. The Balaban J connectivity index is 0.00000300. The summed E-state index contributed by atoms with van der Waals surface area (Å²) in [5.74, 6) is 0.773. The van der Waals surface area contributed by atoms with Gasteiger partial charge in [0.25, 0.3) is 0 Å². The van der Waals surface area contributed by atoms with Crippen molar-refractivity contribution in [3.63, 3.8) is 0 Å². The van der Waals surface area contributed by atoms with Crippen LogP contribution in [0.4, 0.5) is 10.5 Å². The van der Waals surface area contributed by atoms with E-state index in [4.69, 9.17) is 4.74 Å². The van der Waals surface area contributed by atoms with E-state index in [1.807, 2.05) is 45.0 Å². The average molecular weight is 515 g/mol. The maximum atomic E-state index is 12.3. The van der Waals surface area contributed by atoms with Gasteiger partial charge in [0, 0.05) is 38.8 Å². The van der Waals surface area contributed by atoms with Crippen molar-refractivity contribution in [2.75, 3.05) is 31.5 Å². The summed E-state index contributed by atoms with van der Waals surface area (Å²) in [5, 5.41) is 6.18. The molecule has 29 heavy (non-hydrogen) atoms. The fourth-order valence-corrected chi connectivity index (χ4v) is 3.37. The molecular weight excluding hydrogens is 485 g/mol. The van der Waals surface area contributed by atoms with E-state index < -0.39 is 5.60 Å². The molecule has 160 valence electrons. The lowest BCUT2D eigenvalue weighted by Crippen LogP contribution is -2.57. The van der Waals surface area contributed by atoms with E-state index in [0.717, 1.165) is 23.8 Å². The molecule has 0 radical (unpaired) electrons. The highest BCUT2D eigenvalue weighted by Crippen LogP contribution is 2.19. The van der Waals surface area contributed by atoms with Gasteiger partial charge in [0.1, 0.15) is 5.60 Å². The molecule has 2 heterocycles. The molecule has 0 spiro atoms. The molecule has 1 atom stereocenters. The van der Waals surface area contributed by atoms with Gasteiger partial charge in [-0.05, 0) is 38.5 Å². The number of piperazine rings is 1. The monoisotopic (exact) mass is 515 g/mol. The second-order valence-electron chi connectivity index (χ2n) is 8.17. The number of nitrogens with zero attached hydrogens (tertiary/aromatic N) is 3. The number of guanidine groups is 1. The van der Waals surface area contributed by atoms with Crippen molar-refractivity contribution in [2.45, 2.75) is 45.9 Å². The number of carbonyl (C=O) groups is 2. The second kappa shape index (κ2) is 9.64. The molecule has 0 bridgehead atoms. The quantitative estimate of drug-likeness (QED) is 0.605. The molecule has 2 aliphatic heterocycles. The molecule has 0 aromatic heterocycles. The van der Waals surface area contributed by atoms with Gasteiger partial charge in [0.05, 0.1) is 12.6 Å². The molecular formula is C20H30IN5O3. The first-order chi connectivity index (χ1) is 13.2. The molecule has 1 aromatic rings. The van der Waals surface area contributed by atoms with Crippen LogP contribution in [-0.2, 0) is 16.1 Å². The van der Waals surface area contributed by atoms with E-state index in [1.165, 1.54) is 6.92 Å². The largest absolute Gasteiger partial charge is 0.444 e. The number of hydrogen-bond acceptors (Lipinski definition) is 6. The molecule has 1 unspecified atom stereocenters. The number of ether oxygens (including phenoxy) is 1. The van der Waals surface area contributed by atoms with Gasteiger partial charge in [0.2, 0.25) is 5.91 Å². The molecule has 3 rings (SSSR count). The number of rotatable bonds is 3. The number of carbonyl (C=O) groups excluding carboxylic acids is 2. The summed E-state index contributed by atoms with van der Waals surface area (Å²) in [4.78, 5) is 32.1. The van der Waals surface area contributed by atoms with Gasteiger partial charge in [0.15, 0.2) is 5.96 Å². The van der Waals surface area contributed by atoms with Gasteiger partial charge in [-0.3, -0.25) is 9.79 Å².